The van der Waals surface area contributed by atoms with E-state index in [0.29, 0.717) is 26.1 Å². The van der Waals surface area contributed by atoms with Crippen molar-refractivity contribution in [2.45, 2.75) is 31.4 Å². The number of amides is 2. The van der Waals surface area contributed by atoms with Crippen LogP contribution in [0.25, 0.3) is 0 Å². The minimum Gasteiger partial charge on any atom is -0.441 e. The lowest BCUT2D eigenvalue weighted by Crippen LogP contribution is -2.38. The maximum Gasteiger partial charge on any atom is 0.415 e. The summed E-state index contributed by atoms with van der Waals surface area (Å²) in [6, 6.07) is 17.6. The molecule has 5 rings (SSSR count). The number of morpholine rings is 1. The highest BCUT2D eigenvalue weighted by molar-refractivity contribution is 5.96. The molecule has 3 aliphatic heterocycles. The van der Waals surface area contributed by atoms with Gasteiger partial charge in [-0.25, -0.2) is 4.79 Å². The number of hydrogen-bond acceptors (Lipinski definition) is 5. The van der Waals surface area contributed by atoms with Crippen LogP contribution in [0.2, 0.25) is 0 Å². The third-order valence-corrected chi connectivity index (χ3v) is 6.97. The number of likely N-dealkylation sites (tertiary alicyclic amines) is 1. The zero-order valence-electron chi connectivity index (χ0n) is 18.9. The predicted octanol–water partition coefficient (Wildman–Crippen LogP) is 3.54. The molecule has 2 aromatic carbocycles. The number of anilines is 1. The number of ether oxygens (including phenoxy) is 2. The minimum absolute atomic E-state index is 0.0696. The molecule has 0 aromatic heterocycles. The molecule has 2 aromatic rings. The van der Waals surface area contributed by atoms with Gasteiger partial charge < -0.3 is 14.4 Å². The van der Waals surface area contributed by atoms with Crippen molar-refractivity contribution in [3.63, 3.8) is 0 Å². The first-order chi connectivity index (χ1) is 16.1. The molecule has 0 aliphatic carbocycles. The number of rotatable bonds is 4. The highest BCUT2D eigenvalue weighted by Crippen LogP contribution is 2.36. The lowest BCUT2D eigenvalue weighted by molar-refractivity contribution is 0.0339. The molecule has 0 N–H and O–H groups in total. The van der Waals surface area contributed by atoms with Gasteiger partial charge in [-0.1, -0.05) is 36.4 Å². The van der Waals surface area contributed by atoms with Crippen LogP contribution in [0.4, 0.5) is 10.5 Å². The van der Waals surface area contributed by atoms with Crippen molar-refractivity contribution in [2.75, 3.05) is 50.8 Å². The van der Waals surface area contributed by atoms with Crippen LogP contribution in [-0.4, -0.2) is 73.3 Å². The molecule has 7 nitrogen and oxygen atoms in total. The third kappa shape index (κ3) is 4.75. The van der Waals surface area contributed by atoms with Gasteiger partial charge in [-0.05, 0) is 36.6 Å². The summed E-state index contributed by atoms with van der Waals surface area (Å²) < 4.78 is 11.4. The fourth-order valence-electron chi connectivity index (χ4n) is 5.10. The van der Waals surface area contributed by atoms with E-state index in [-0.39, 0.29) is 12.0 Å². The standard InChI is InChI=1S/C26H31N3O4/c30-24(23-10-5-4-7-21(23)19-27-15-17-32-18-16-27)28-13-6-11-26(12-14-28)20-29(25(31)33-26)22-8-2-1-3-9-22/h1-5,7-10H,6,11-20H2/t26-/m1/s1. The monoisotopic (exact) mass is 449 g/mol. The summed E-state index contributed by atoms with van der Waals surface area (Å²) in [5, 5.41) is 0. The van der Waals surface area contributed by atoms with Gasteiger partial charge in [0.05, 0.1) is 19.8 Å². The molecule has 1 atom stereocenters. The molecule has 3 fully saturated rings. The van der Waals surface area contributed by atoms with Crippen molar-refractivity contribution in [3.05, 3.63) is 65.7 Å². The van der Waals surface area contributed by atoms with E-state index < -0.39 is 5.60 Å². The Balaban J connectivity index is 1.27. The van der Waals surface area contributed by atoms with Gasteiger partial charge in [-0.3, -0.25) is 14.6 Å². The predicted molar refractivity (Wildman–Crippen MR) is 125 cm³/mol. The second kappa shape index (κ2) is 9.53. The number of carbonyl (C=O) groups excluding carboxylic acids is 2. The van der Waals surface area contributed by atoms with Crippen molar-refractivity contribution in [3.8, 4) is 0 Å². The van der Waals surface area contributed by atoms with Crippen LogP contribution in [0.3, 0.4) is 0 Å². The van der Waals surface area contributed by atoms with Gasteiger partial charge in [0.1, 0.15) is 5.60 Å². The lowest BCUT2D eigenvalue weighted by Gasteiger charge is -2.28. The fourth-order valence-corrected chi connectivity index (χ4v) is 5.10. The maximum atomic E-state index is 13.5. The fraction of sp³-hybridized carbons (Fsp3) is 0.462. The topological polar surface area (TPSA) is 62.3 Å². The molecule has 3 heterocycles. The van der Waals surface area contributed by atoms with Gasteiger partial charge in [0, 0.05) is 50.4 Å². The van der Waals surface area contributed by atoms with E-state index in [2.05, 4.69) is 11.0 Å². The molecule has 7 heteroatoms. The average molecular weight is 450 g/mol. The largest absolute Gasteiger partial charge is 0.441 e. The van der Waals surface area contributed by atoms with Gasteiger partial charge in [0.2, 0.25) is 0 Å². The van der Waals surface area contributed by atoms with Gasteiger partial charge in [-0.2, -0.15) is 0 Å². The van der Waals surface area contributed by atoms with Crippen molar-refractivity contribution >= 4 is 17.7 Å². The molecular weight excluding hydrogens is 418 g/mol. The highest BCUT2D eigenvalue weighted by Gasteiger charge is 2.46. The molecule has 174 valence electrons. The van der Waals surface area contributed by atoms with Crippen molar-refractivity contribution in [1.82, 2.24) is 9.80 Å². The van der Waals surface area contributed by atoms with E-state index in [4.69, 9.17) is 9.47 Å². The zero-order chi connectivity index (χ0) is 22.7. The quantitative estimate of drug-likeness (QED) is 0.715. The number of benzene rings is 2. The number of para-hydroxylation sites is 1. The summed E-state index contributed by atoms with van der Waals surface area (Å²) in [5.74, 6) is 0.0696. The van der Waals surface area contributed by atoms with Crippen molar-refractivity contribution in [1.29, 1.82) is 0 Å². The van der Waals surface area contributed by atoms with Gasteiger partial charge in [-0.15, -0.1) is 0 Å². The Kier molecular flexibility index (Phi) is 6.33. The Labute approximate surface area is 194 Å². The summed E-state index contributed by atoms with van der Waals surface area (Å²) in [6.07, 6.45) is 1.94. The van der Waals surface area contributed by atoms with Crippen molar-refractivity contribution in [2.24, 2.45) is 0 Å². The number of nitrogens with zero attached hydrogens (tertiary/aromatic N) is 3. The number of hydrogen-bond donors (Lipinski definition) is 0. The van der Waals surface area contributed by atoms with Crippen LogP contribution in [0.1, 0.15) is 35.2 Å². The maximum absolute atomic E-state index is 13.5. The molecule has 0 unspecified atom stereocenters. The molecule has 2 amide bonds. The molecular formula is C26H31N3O4. The molecule has 3 saturated heterocycles. The Morgan fingerprint density at radius 2 is 1.67 bits per heavy atom. The first-order valence-electron chi connectivity index (χ1n) is 11.9. The van der Waals surface area contributed by atoms with Crippen LogP contribution in [0.15, 0.2) is 54.6 Å². The summed E-state index contributed by atoms with van der Waals surface area (Å²) in [5.41, 5.74) is 2.16. The first kappa shape index (κ1) is 21.9. The summed E-state index contributed by atoms with van der Waals surface area (Å²) in [4.78, 5) is 32.2. The third-order valence-electron chi connectivity index (χ3n) is 6.97. The Hall–Kier alpha value is -2.90. The normalized spacial score (nSPS) is 24.1. The first-order valence-corrected chi connectivity index (χ1v) is 11.9. The van der Waals surface area contributed by atoms with Gasteiger partial charge in [0.15, 0.2) is 0 Å². The van der Waals surface area contributed by atoms with Crippen LogP contribution < -0.4 is 4.90 Å². The average Bonchev–Trinajstić information content (AvgIpc) is 3.04. The van der Waals surface area contributed by atoms with Gasteiger partial charge >= 0.3 is 6.09 Å². The molecule has 0 saturated carbocycles. The molecule has 33 heavy (non-hydrogen) atoms. The van der Waals surface area contributed by atoms with E-state index in [1.807, 2.05) is 53.4 Å². The van der Waals surface area contributed by atoms with E-state index in [1.54, 1.807) is 4.90 Å². The molecule has 0 bridgehead atoms. The van der Waals surface area contributed by atoms with Crippen LogP contribution in [-0.2, 0) is 16.0 Å². The Morgan fingerprint density at radius 3 is 2.48 bits per heavy atom. The smallest absolute Gasteiger partial charge is 0.415 e. The van der Waals surface area contributed by atoms with E-state index in [9.17, 15) is 9.59 Å². The summed E-state index contributed by atoms with van der Waals surface area (Å²) >= 11 is 0. The highest BCUT2D eigenvalue weighted by atomic mass is 16.6. The van der Waals surface area contributed by atoms with E-state index in [1.165, 1.54) is 0 Å². The second-order valence-corrected chi connectivity index (χ2v) is 9.16. The van der Waals surface area contributed by atoms with Crippen LogP contribution in [0.5, 0.6) is 0 Å². The Bertz CT molecular complexity index is 992. The van der Waals surface area contributed by atoms with Crippen molar-refractivity contribution < 1.29 is 19.1 Å². The minimum atomic E-state index is -0.532. The van der Waals surface area contributed by atoms with Crippen LogP contribution in [0, 0.1) is 0 Å². The summed E-state index contributed by atoms with van der Waals surface area (Å²) in [6.45, 7) is 5.80. The zero-order valence-corrected chi connectivity index (χ0v) is 18.9. The van der Waals surface area contributed by atoms with E-state index in [0.717, 1.165) is 62.5 Å². The molecule has 3 aliphatic rings. The Morgan fingerprint density at radius 1 is 0.909 bits per heavy atom. The second-order valence-electron chi connectivity index (χ2n) is 9.16. The SMILES string of the molecule is O=C(c1ccccc1CN1CCOCC1)N1CCC[C@@]2(CC1)CN(c1ccccc1)C(=O)O2. The number of carbonyl (C=O) groups is 2. The lowest BCUT2D eigenvalue weighted by atomic mass is 9.95. The summed E-state index contributed by atoms with van der Waals surface area (Å²) in [7, 11) is 0. The molecule has 1 spiro atoms. The van der Waals surface area contributed by atoms with Crippen LogP contribution >= 0.6 is 0 Å². The van der Waals surface area contributed by atoms with E-state index >= 15 is 0 Å². The molecule has 0 radical (unpaired) electrons. The van der Waals surface area contributed by atoms with Gasteiger partial charge in [0.25, 0.3) is 5.91 Å².